The second-order valence-electron chi connectivity index (χ2n) is 5.17. The average Bonchev–Trinajstić information content (AvgIpc) is 2.09. The van der Waals surface area contributed by atoms with E-state index in [1.54, 1.807) is 20.8 Å². The molecule has 0 spiro atoms. The number of carbonyl (C=O) groups excluding carboxylic acids is 1. The summed E-state index contributed by atoms with van der Waals surface area (Å²) in [5, 5.41) is 20.9. The number of aliphatic hydroxyl groups excluding tert-OH is 2. The summed E-state index contributed by atoms with van der Waals surface area (Å²) in [6.45, 7) is 8.60. The highest BCUT2D eigenvalue weighted by Gasteiger charge is 2.26. The first-order valence-electron chi connectivity index (χ1n) is 5.46. The molecule has 0 radical (unpaired) electrons. The molecule has 1 amide bonds. The van der Waals surface area contributed by atoms with Crippen molar-refractivity contribution in [1.29, 1.82) is 0 Å². The van der Waals surface area contributed by atoms with E-state index in [1.807, 2.05) is 13.8 Å². The highest BCUT2D eigenvalue weighted by molar-refractivity contribution is 5.68. The molecule has 5 nitrogen and oxygen atoms in total. The minimum Gasteiger partial charge on any atom is -0.444 e. The van der Waals surface area contributed by atoms with Crippen LogP contribution in [0.1, 0.15) is 34.6 Å². The lowest BCUT2D eigenvalue weighted by Gasteiger charge is -2.28. The summed E-state index contributed by atoms with van der Waals surface area (Å²) < 4.78 is 5.07. The van der Waals surface area contributed by atoms with Gasteiger partial charge in [0.2, 0.25) is 0 Å². The van der Waals surface area contributed by atoms with E-state index in [4.69, 9.17) is 9.84 Å². The van der Waals surface area contributed by atoms with Crippen molar-refractivity contribution in [2.24, 2.45) is 5.92 Å². The van der Waals surface area contributed by atoms with Gasteiger partial charge >= 0.3 is 6.09 Å². The van der Waals surface area contributed by atoms with Gasteiger partial charge in [-0.1, -0.05) is 13.8 Å². The van der Waals surface area contributed by atoms with E-state index in [1.165, 1.54) is 0 Å². The molecule has 2 atom stereocenters. The van der Waals surface area contributed by atoms with Crippen molar-refractivity contribution < 1.29 is 19.7 Å². The highest BCUT2D eigenvalue weighted by Crippen LogP contribution is 2.10. The Hall–Kier alpha value is -0.810. The van der Waals surface area contributed by atoms with E-state index >= 15 is 0 Å². The van der Waals surface area contributed by atoms with Crippen LogP contribution in [0.2, 0.25) is 0 Å². The fourth-order valence-corrected chi connectivity index (χ4v) is 1.26. The molecular weight excluding hydrogens is 210 g/mol. The zero-order chi connectivity index (χ0) is 12.9. The van der Waals surface area contributed by atoms with Crippen molar-refractivity contribution in [2.75, 3.05) is 6.61 Å². The van der Waals surface area contributed by atoms with Gasteiger partial charge in [0, 0.05) is 0 Å². The molecule has 0 aliphatic rings. The van der Waals surface area contributed by atoms with Crippen LogP contribution in [0.15, 0.2) is 0 Å². The van der Waals surface area contributed by atoms with Crippen molar-refractivity contribution in [3.8, 4) is 0 Å². The van der Waals surface area contributed by atoms with Gasteiger partial charge in [-0.25, -0.2) is 4.79 Å². The molecule has 5 heteroatoms. The minimum atomic E-state index is -0.979. The van der Waals surface area contributed by atoms with Crippen LogP contribution < -0.4 is 5.32 Å². The zero-order valence-corrected chi connectivity index (χ0v) is 10.7. The molecule has 0 fully saturated rings. The molecule has 0 aliphatic carbocycles. The van der Waals surface area contributed by atoms with Crippen molar-refractivity contribution in [1.82, 2.24) is 5.32 Å². The molecule has 2 unspecified atom stereocenters. The van der Waals surface area contributed by atoms with Crippen LogP contribution >= 0.6 is 0 Å². The van der Waals surface area contributed by atoms with E-state index in [0.29, 0.717) is 0 Å². The van der Waals surface area contributed by atoms with Crippen molar-refractivity contribution in [2.45, 2.75) is 52.4 Å². The molecule has 16 heavy (non-hydrogen) atoms. The lowest BCUT2D eigenvalue weighted by Crippen LogP contribution is -2.49. The quantitative estimate of drug-likeness (QED) is 0.673. The first-order chi connectivity index (χ1) is 7.17. The van der Waals surface area contributed by atoms with E-state index in [0.717, 1.165) is 0 Å². The van der Waals surface area contributed by atoms with Crippen LogP contribution in [0.5, 0.6) is 0 Å². The Morgan fingerprint density at radius 2 is 1.88 bits per heavy atom. The molecule has 96 valence electrons. The second-order valence-corrected chi connectivity index (χ2v) is 5.17. The number of amides is 1. The molecule has 3 N–H and O–H groups in total. The first kappa shape index (κ1) is 15.2. The number of hydrogen-bond donors (Lipinski definition) is 3. The molecule has 0 aromatic heterocycles. The van der Waals surface area contributed by atoms with Gasteiger partial charge in [0.15, 0.2) is 0 Å². The number of alkyl carbamates (subject to hydrolysis) is 1. The second kappa shape index (κ2) is 6.06. The number of nitrogens with one attached hydrogen (secondary N) is 1. The Labute approximate surface area is 96.8 Å². The van der Waals surface area contributed by atoms with Crippen molar-refractivity contribution >= 4 is 6.09 Å². The summed E-state index contributed by atoms with van der Waals surface area (Å²) >= 11 is 0. The monoisotopic (exact) mass is 233 g/mol. The summed E-state index contributed by atoms with van der Waals surface area (Å²) in [5.41, 5.74) is -0.574. The van der Waals surface area contributed by atoms with Gasteiger partial charge in [0.25, 0.3) is 0 Å². The molecule has 0 aliphatic heterocycles. The predicted octanol–water partition coefficient (Wildman–Crippen LogP) is 0.889. The van der Waals surface area contributed by atoms with Crippen LogP contribution in [0, 0.1) is 5.92 Å². The third kappa shape index (κ3) is 5.92. The largest absolute Gasteiger partial charge is 0.444 e. The fraction of sp³-hybridized carbons (Fsp3) is 0.909. The zero-order valence-electron chi connectivity index (χ0n) is 10.7. The van der Waals surface area contributed by atoms with Gasteiger partial charge < -0.3 is 20.3 Å². The number of carbonyl (C=O) groups is 1. The van der Waals surface area contributed by atoms with E-state index in [2.05, 4.69) is 5.32 Å². The smallest absolute Gasteiger partial charge is 0.407 e. The Balaban J connectivity index is 4.36. The third-order valence-corrected chi connectivity index (χ3v) is 2.00. The average molecular weight is 233 g/mol. The fourth-order valence-electron chi connectivity index (χ4n) is 1.26. The summed E-state index contributed by atoms with van der Waals surface area (Å²) in [6.07, 6.45) is -1.56. The molecule has 0 rings (SSSR count). The SMILES string of the molecule is CC(C)C(NC(=O)OC(C)(C)C)C(O)CO. The Kier molecular flexibility index (Phi) is 5.75. The Morgan fingerprint density at radius 1 is 1.38 bits per heavy atom. The summed E-state index contributed by atoms with van der Waals surface area (Å²) in [6, 6.07) is -0.514. The molecule has 0 saturated carbocycles. The minimum absolute atomic E-state index is 0.00895. The number of rotatable bonds is 4. The van der Waals surface area contributed by atoms with E-state index in [-0.39, 0.29) is 5.92 Å². The molecule has 0 aromatic rings. The lowest BCUT2D eigenvalue weighted by atomic mass is 9.99. The first-order valence-corrected chi connectivity index (χ1v) is 5.46. The topological polar surface area (TPSA) is 78.8 Å². The summed E-state index contributed by atoms with van der Waals surface area (Å²) in [4.78, 5) is 11.5. The molecule has 0 bridgehead atoms. The van der Waals surface area contributed by atoms with Crippen molar-refractivity contribution in [3.05, 3.63) is 0 Å². The van der Waals surface area contributed by atoms with Gasteiger partial charge in [-0.05, 0) is 26.7 Å². The maximum absolute atomic E-state index is 11.5. The van der Waals surface area contributed by atoms with Crippen LogP contribution in [0.25, 0.3) is 0 Å². The lowest BCUT2D eigenvalue weighted by molar-refractivity contribution is 0.0238. The number of aliphatic hydroxyl groups is 2. The Morgan fingerprint density at radius 3 is 2.19 bits per heavy atom. The van der Waals surface area contributed by atoms with E-state index in [9.17, 15) is 9.90 Å². The maximum Gasteiger partial charge on any atom is 0.407 e. The van der Waals surface area contributed by atoms with Gasteiger partial charge in [-0.2, -0.15) is 0 Å². The predicted molar refractivity (Wildman–Crippen MR) is 61.1 cm³/mol. The standard InChI is InChI=1S/C11H23NO4/c1-7(2)9(8(14)6-13)12-10(15)16-11(3,4)5/h7-9,13-14H,6H2,1-5H3,(H,12,15). The van der Waals surface area contributed by atoms with Crippen LogP contribution in [-0.4, -0.2) is 40.7 Å². The van der Waals surface area contributed by atoms with Crippen LogP contribution in [0.4, 0.5) is 4.79 Å². The van der Waals surface area contributed by atoms with E-state index < -0.39 is 30.4 Å². The van der Waals surface area contributed by atoms with Gasteiger partial charge in [0.1, 0.15) is 5.60 Å². The van der Waals surface area contributed by atoms with Gasteiger partial charge in [-0.15, -0.1) is 0 Å². The normalized spacial score (nSPS) is 15.8. The van der Waals surface area contributed by atoms with Crippen molar-refractivity contribution in [3.63, 3.8) is 0 Å². The summed E-state index contributed by atoms with van der Waals surface area (Å²) in [5.74, 6) is 0.00895. The third-order valence-electron chi connectivity index (χ3n) is 2.00. The molecule has 0 heterocycles. The highest BCUT2D eigenvalue weighted by atomic mass is 16.6. The Bertz CT molecular complexity index is 223. The van der Waals surface area contributed by atoms with Crippen LogP contribution in [0.3, 0.4) is 0 Å². The van der Waals surface area contributed by atoms with Gasteiger partial charge in [0.05, 0.1) is 18.8 Å². The molecule has 0 saturated heterocycles. The van der Waals surface area contributed by atoms with Crippen LogP contribution in [-0.2, 0) is 4.74 Å². The molecular formula is C11H23NO4. The van der Waals surface area contributed by atoms with Gasteiger partial charge in [-0.3, -0.25) is 0 Å². The molecule has 0 aromatic carbocycles. The maximum atomic E-state index is 11.5. The number of hydrogen-bond acceptors (Lipinski definition) is 4. The summed E-state index contributed by atoms with van der Waals surface area (Å²) in [7, 11) is 0. The number of ether oxygens (including phenoxy) is 1.